The zero-order chi connectivity index (χ0) is 16.2. The van der Waals surface area contributed by atoms with Gasteiger partial charge in [0.25, 0.3) is 0 Å². The van der Waals surface area contributed by atoms with Gasteiger partial charge in [-0.05, 0) is 37.8 Å². The third kappa shape index (κ3) is 4.15. The summed E-state index contributed by atoms with van der Waals surface area (Å²) in [6.45, 7) is 1.16. The molecular weight excluding hydrogens is 294 g/mol. The van der Waals surface area contributed by atoms with Gasteiger partial charge in [0.15, 0.2) is 0 Å². The van der Waals surface area contributed by atoms with E-state index in [1.807, 2.05) is 18.2 Å². The van der Waals surface area contributed by atoms with Crippen LogP contribution < -0.4 is 15.4 Å². The van der Waals surface area contributed by atoms with Gasteiger partial charge in [0, 0.05) is 30.9 Å². The highest BCUT2D eigenvalue weighted by Crippen LogP contribution is 2.23. The Hall–Kier alpha value is -2.24. The van der Waals surface area contributed by atoms with E-state index >= 15 is 0 Å². The lowest BCUT2D eigenvalue weighted by Crippen LogP contribution is -2.47. The number of hydrogen-bond acceptors (Lipinski definition) is 3. The molecular formula is C17H23N3O3. The van der Waals surface area contributed by atoms with E-state index in [1.54, 1.807) is 18.1 Å². The quantitative estimate of drug-likeness (QED) is 0.894. The summed E-state index contributed by atoms with van der Waals surface area (Å²) in [5.41, 5.74) is 0.693. The maximum absolute atomic E-state index is 12.4. The van der Waals surface area contributed by atoms with E-state index in [2.05, 4.69) is 10.6 Å². The smallest absolute Gasteiger partial charge is 0.321 e. The minimum absolute atomic E-state index is 0.0892. The van der Waals surface area contributed by atoms with Gasteiger partial charge in [-0.3, -0.25) is 4.79 Å². The Kier molecular flexibility index (Phi) is 4.69. The Balaban J connectivity index is 1.56. The standard InChI is InChI=1S/C17H23N3O3/c1-23-15-6-2-5-14(10-15)19-17(22)20-9-3-4-12(11-20)16(21)18-13-7-8-13/h2,5-6,10,12-13H,3-4,7-9,11H2,1H3,(H,18,21)(H,19,22)/t12-/m1/s1. The fourth-order valence-electron chi connectivity index (χ4n) is 2.83. The van der Waals surface area contributed by atoms with Gasteiger partial charge in [-0.2, -0.15) is 0 Å². The first-order valence-corrected chi connectivity index (χ1v) is 8.16. The van der Waals surface area contributed by atoms with Gasteiger partial charge in [-0.25, -0.2) is 4.79 Å². The molecule has 1 aromatic rings. The maximum Gasteiger partial charge on any atom is 0.321 e. The fraction of sp³-hybridized carbons (Fsp3) is 0.529. The van der Waals surface area contributed by atoms with Crippen molar-refractivity contribution < 1.29 is 14.3 Å². The Morgan fingerprint density at radius 1 is 1.26 bits per heavy atom. The summed E-state index contributed by atoms with van der Waals surface area (Å²) in [6, 6.07) is 7.46. The van der Waals surface area contributed by atoms with Crippen LogP contribution in [0.3, 0.4) is 0 Å². The van der Waals surface area contributed by atoms with E-state index in [0.717, 1.165) is 25.7 Å². The minimum atomic E-state index is -0.165. The van der Waals surface area contributed by atoms with Crippen LogP contribution in [0.15, 0.2) is 24.3 Å². The number of urea groups is 1. The number of carbonyl (C=O) groups is 2. The molecule has 124 valence electrons. The zero-order valence-electron chi connectivity index (χ0n) is 13.4. The van der Waals surface area contributed by atoms with Crippen molar-refractivity contribution in [2.45, 2.75) is 31.7 Å². The molecule has 0 aromatic heterocycles. The highest BCUT2D eigenvalue weighted by atomic mass is 16.5. The van der Waals surface area contributed by atoms with Crippen molar-refractivity contribution in [2.24, 2.45) is 5.92 Å². The molecule has 6 heteroatoms. The molecule has 2 aliphatic rings. The number of benzene rings is 1. The predicted molar refractivity (Wildman–Crippen MR) is 87.5 cm³/mol. The monoisotopic (exact) mass is 317 g/mol. The molecule has 0 spiro atoms. The molecule has 2 fully saturated rings. The maximum atomic E-state index is 12.4. The Morgan fingerprint density at radius 3 is 2.83 bits per heavy atom. The topological polar surface area (TPSA) is 70.7 Å². The van der Waals surface area contributed by atoms with Crippen molar-refractivity contribution in [3.05, 3.63) is 24.3 Å². The van der Waals surface area contributed by atoms with E-state index in [9.17, 15) is 9.59 Å². The zero-order valence-corrected chi connectivity index (χ0v) is 13.4. The first-order chi connectivity index (χ1) is 11.2. The Bertz CT molecular complexity index is 586. The molecule has 1 saturated heterocycles. The molecule has 1 saturated carbocycles. The SMILES string of the molecule is COc1cccc(NC(=O)N2CCC[C@@H](C(=O)NC3CC3)C2)c1. The predicted octanol–water partition coefficient (Wildman–Crippen LogP) is 2.22. The summed E-state index contributed by atoms with van der Waals surface area (Å²) in [7, 11) is 1.59. The molecule has 3 amide bonds. The van der Waals surface area contributed by atoms with E-state index in [-0.39, 0.29) is 17.9 Å². The highest BCUT2D eigenvalue weighted by molar-refractivity contribution is 5.90. The van der Waals surface area contributed by atoms with Crippen molar-refractivity contribution in [2.75, 3.05) is 25.5 Å². The van der Waals surface area contributed by atoms with E-state index in [1.165, 1.54) is 0 Å². The number of ether oxygens (including phenoxy) is 1. The number of likely N-dealkylation sites (tertiary alicyclic amines) is 1. The summed E-state index contributed by atoms with van der Waals surface area (Å²) in [5.74, 6) is 0.690. The summed E-state index contributed by atoms with van der Waals surface area (Å²) in [4.78, 5) is 26.3. The van der Waals surface area contributed by atoms with Crippen molar-refractivity contribution in [3.8, 4) is 5.75 Å². The third-order valence-corrected chi connectivity index (χ3v) is 4.32. The van der Waals surface area contributed by atoms with Crippen molar-refractivity contribution in [1.82, 2.24) is 10.2 Å². The van der Waals surface area contributed by atoms with E-state index < -0.39 is 0 Å². The van der Waals surface area contributed by atoms with Gasteiger partial charge in [0.05, 0.1) is 13.0 Å². The lowest BCUT2D eigenvalue weighted by atomic mass is 9.97. The van der Waals surface area contributed by atoms with Crippen LogP contribution in [0, 0.1) is 5.92 Å². The largest absolute Gasteiger partial charge is 0.497 e. The first-order valence-electron chi connectivity index (χ1n) is 8.16. The number of hydrogen-bond donors (Lipinski definition) is 2. The van der Waals surface area contributed by atoms with Crippen LogP contribution in [-0.2, 0) is 4.79 Å². The van der Waals surface area contributed by atoms with Crippen LogP contribution >= 0.6 is 0 Å². The summed E-state index contributed by atoms with van der Waals surface area (Å²) < 4.78 is 5.16. The number of carbonyl (C=O) groups excluding carboxylic acids is 2. The molecule has 2 N–H and O–H groups in total. The highest BCUT2D eigenvalue weighted by Gasteiger charge is 2.31. The van der Waals surface area contributed by atoms with Crippen molar-refractivity contribution in [3.63, 3.8) is 0 Å². The number of piperidine rings is 1. The van der Waals surface area contributed by atoms with Crippen LogP contribution in [0.25, 0.3) is 0 Å². The van der Waals surface area contributed by atoms with Crippen LogP contribution in [0.2, 0.25) is 0 Å². The minimum Gasteiger partial charge on any atom is -0.497 e. The van der Waals surface area contributed by atoms with Gasteiger partial charge < -0.3 is 20.3 Å². The van der Waals surface area contributed by atoms with Gasteiger partial charge in [-0.15, -0.1) is 0 Å². The molecule has 23 heavy (non-hydrogen) atoms. The second-order valence-electron chi connectivity index (χ2n) is 6.23. The molecule has 1 heterocycles. The lowest BCUT2D eigenvalue weighted by molar-refractivity contribution is -0.126. The number of nitrogens with zero attached hydrogens (tertiary/aromatic N) is 1. The second kappa shape index (κ2) is 6.89. The molecule has 1 aliphatic carbocycles. The molecule has 3 rings (SSSR count). The fourth-order valence-corrected chi connectivity index (χ4v) is 2.83. The second-order valence-corrected chi connectivity index (χ2v) is 6.23. The average molecular weight is 317 g/mol. The average Bonchev–Trinajstić information content (AvgIpc) is 3.39. The number of nitrogens with one attached hydrogen (secondary N) is 2. The van der Waals surface area contributed by atoms with Crippen LogP contribution in [0.4, 0.5) is 10.5 Å². The normalized spacial score (nSPS) is 20.7. The van der Waals surface area contributed by atoms with Crippen molar-refractivity contribution in [1.29, 1.82) is 0 Å². The molecule has 1 aliphatic heterocycles. The summed E-state index contributed by atoms with van der Waals surface area (Å²) in [5, 5.41) is 5.91. The first kappa shape index (κ1) is 15.6. The van der Waals surface area contributed by atoms with Gasteiger partial charge >= 0.3 is 6.03 Å². The molecule has 0 unspecified atom stereocenters. The van der Waals surface area contributed by atoms with Crippen LogP contribution in [-0.4, -0.2) is 43.1 Å². The van der Waals surface area contributed by atoms with Gasteiger partial charge in [0.1, 0.15) is 5.75 Å². The number of methoxy groups -OCH3 is 1. The summed E-state index contributed by atoms with van der Waals surface area (Å²) >= 11 is 0. The summed E-state index contributed by atoms with van der Waals surface area (Å²) in [6.07, 6.45) is 3.87. The Labute approximate surface area is 136 Å². The number of amides is 3. The number of rotatable bonds is 4. The Morgan fingerprint density at radius 2 is 2.09 bits per heavy atom. The molecule has 6 nitrogen and oxygen atoms in total. The molecule has 1 atom stereocenters. The molecule has 1 aromatic carbocycles. The van der Waals surface area contributed by atoms with Gasteiger partial charge in [-0.1, -0.05) is 6.07 Å². The van der Waals surface area contributed by atoms with E-state index in [4.69, 9.17) is 4.74 Å². The van der Waals surface area contributed by atoms with Crippen molar-refractivity contribution >= 4 is 17.6 Å². The van der Waals surface area contributed by atoms with Gasteiger partial charge in [0.2, 0.25) is 5.91 Å². The lowest BCUT2D eigenvalue weighted by Gasteiger charge is -2.32. The third-order valence-electron chi connectivity index (χ3n) is 4.32. The van der Waals surface area contributed by atoms with Crippen LogP contribution in [0.1, 0.15) is 25.7 Å². The molecule has 0 radical (unpaired) electrons. The number of anilines is 1. The molecule has 0 bridgehead atoms. The van der Waals surface area contributed by atoms with E-state index in [0.29, 0.717) is 30.6 Å². The van der Waals surface area contributed by atoms with Crippen LogP contribution in [0.5, 0.6) is 5.75 Å².